The van der Waals surface area contributed by atoms with Gasteiger partial charge in [-0.15, -0.1) is 0 Å². The molecule has 0 radical (unpaired) electrons. The Balaban J connectivity index is 1.98. The van der Waals surface area contributed by atoms with E-state index in [1.807, 2.05) is 0 Å². The molecule has 4 heteroatoms. The number of hydrogen-bond acceptors (Lipinski definition) is 3. The lowest BCUT2D eigenvalue weighted by Crippen LogP contribution is -2.25. The van der Waals surface area contributed by atoms with E-state index in [9.17, 15) is 0 Å². The maximum absolute atomic E-state index is 8.36. The number of oxime groups is 1. The molecule has 0 aromatic heterocycles. The Hall–Kier alpha value is -0.770. The molecule has 0 heterocycles. The van der Waals surface area contributed by atoms with Crippen LogP contribution >= 0.6 is 0 Å². The standard InChI is InChI=1S/C12H25N3O/c1-10-3-2-4-11(9-10)5-7-14-8-6-12(13)15-16/h10-11,14,16H,2-9H2,1H3,(H2,13,15). The van der Waals surface area contributed by atoms with Gasteiger partial charge in [-0.05, 0) is 31.2 Å². The molecule has 94 valence electrons. The first-order chi connectivity index (χ1) is 7.72. The highest BCUT2D eigenvalue weighted by atomic mass is 16.4. The lowest BCUT2D eigenvalue weighted by molar-refractivity contribution is 0.268. The van der Waals surface area contributed by atoms with Crippen LogP contribution < -0.4 is 11.1 Å². The minimum Gasteiger partial charge on any atom is -0.409 e. The molecule has 0 saturated heterocycles. The van der Waals surface area contributed by atoms with Gasteiger partial charge in [-0.3, -0.25) is 0 Å². The monoisotopic (exact) mass is 227 g/mol. The van der Waals surface area contributed by atoms with Crippen molar-refractivity contribution in [3.05, 3.63) is 0 Å². The lowest BCUT2D eigenvalue weighted by atomic mass is 9.81. The third kappa shape index (κ3) is 5.35. The fourth-order valence-corrected chi connectivity index (χ4v) is 2.52. The van der Waals surface area contributed by atoms with E-state index in [0.717, 1.165) is 24.9 Å². The maximum Gasteiger partial charge on any atom is 0.140 e. The van der Waals surface area contributed by atoms with E-state index >= 15 is 0 Å². The number of hydrogen-bond donors (Lipinski definition) is 3. The molecule has 16 heavy (non-hydrogen) atoms. The molecule has 4 N–H and O–H groups in total. The van der Waals surface area contributed by atoms with Crippen LogP contribution in [0.3, 0.4) is 0 Å². The van der Waals surface area contributed by atoms with Crippen LogP contribution in [0.2, 0.25) is 0 Å². The SMILES string of the molecule is CC1CCCC(CCNCCC(N)=NO)C1. The second-order valence-corrected chi connectivity index (χ2v) is 5.02. The van der Waals surface area contributed by atoms with Gasteiger partial charge in [0.2, 0.25) is 0 Å². The summed E-state index contributed by atoms with van der Waals surface area (Å²) in [4.78, 5) is 0. The Morgan fingerprint density at radius 2 is 2.25 bits per heavy atom. The van der Waals surface area contributed by atoms with Crippen molar-refractivity contribution in [2.75, 3.05) is 13.1 Å². The van der Waals surface area contributed by atoms with Crippen molar-refractivity contribution in [1.82, 2.24) is 5.32 Å². The van der Waals surface area contributed by atoms with E-state index in [0.29, 0.717) is 12.3 Å². The number of nitrogens with one attached hydrogen (secondary N) is 1. The molecule has 0 aromatic rings. The molecule has 1 aliphatic carbocycles. The summed E-state index contributed by atoms with van der Waals surface area (Å²) in [5.74, 6) is 2.12. The van der Waals surface area contributed by atoms with Crippen molar-refractivity contribution in [3.63, 3.8) is 0 Å². The van der Waals surface area contributed by atoms with Crippen LogP contribution in [0.4, 0.5) is 0 Å². The first kappa shape index (κ1) is 13.3. The van der Waals surface area contributed by atoms with Crippen LogP contribution in [-0.2, 0) is 0 Å². The quantitative estimate of drug-likeness (QED) is 0.213. The Kier molecular flexibility index (Phi) is 6.23. The van der Waals surface area contributed by atoms with E-state index in [4.69, 9.17) is 10.9 Å². The van der Waals surface area contributed by atoms with Gasteiger partial charge in [0.25, 0.3) is 0 Å². The van der Waals surface area contributed by atoms with Crippen molar-refractivity contribution < 1.29 is 5.21 Å². The lowest BCUT2D eigenvalue weighted by Gasteiger charge is -2.26. The summed E-state index contributed by atoms with van der Waals surface area (Å²) in [5.41, 5.74) is 5.38. The summed E-state index contributed by atoms with van der Waals surface area (Å²) in [6, 6.07) is 0. The zero-order chi connectivity index (χ0) is 11.8. The molecule has 0 bridgehead atoms. The van der Waals surface area contributed by atoms with Gasteiger partial charge in [0.05, 0.1) is 0 Å². The molecule has 1 rings (SSSR count). The van der Waals surface area contributed by atoms with E-state index in [1.54, 1.807) is 0 Å². The third-order valence-electron chi connectivity index (χ3n) is 3.46. The van der Waals surface area contributed by atoms with Crippen LogP contribution in [-0.4, -0.2) is 24.1 Å². The average Bonchev–Trinajstić information content (AvgIpc) is 2.28. The first-order valence-corrected chi connectivity index (χ1v) is 6.39. The second-order valence-electron chi connectivity index (χ2n) is 5.02. The molecule has 2 atom stereocenters. The minimum absolute atomic E-state index is 0.304. The van der Waals surface area contributed by atoms with Gasteiger partial charge in [0.1, 0.15) is 5.84 Å². The minimum atomic E-state index is 0.304. The molecule has 4 nitrogen and oxygen atoms in total. The predicted octanol–water partition coefficient (Wildman–Crippen LogP) is 1.93. The molecule has 0 spiro atoms. The normalized spacial score (nSPS) is 26.9. The molecule has 1 saturated carbocycles. The highest BCUT2D eigenvalue weighted by molar-refractivity contribution is 5.79. The molecule has 1 aliphatic rings. The average molecular weight is 227 g/mol. The summed E-state index contributed by atoms with van der Waals surface area (Å²) in [6.45, 7) is 4.21. The van der Waals surface area contributed by atoms with Crippen molar-refractivity contribution in [3.8, 4) is 0 Å². The smallest absolute Gasteiger partial charge is 0.140 e. The molecule has 0 aliphatic heterocycles. The van der Waals surface area contributed by atoms with Crippen molar-refractivity contribution >= 4 is 5.84 Å². The Bertz CT molecular complexity index is 218. The van der Waals surface area contributed by atoms with Crippen molar-refractivity contribution in [2.24, 2.45) is 22.7 Å². The molecule has 1 fully saturated rings. The summed E-state index contributed by atoms with van der Waals surface area (Å²) in [5, 5.41) is 14.6. The maximum atomic E-state index is 8.36. The van der Waals surface area contributed by atoms with Crippen LogP contribution in [0, 0.1) is 11.8 Å². The Morgan fingerprint density at radius 3 is 2.94 bits per heavy atom. The third-order valence-corrected chi connectivity index (χ3v) is 3.46. The number of nitrogens with zero attached hydrogens (tertiary/aromatic N) is 1. The van der Waals surface area contributed by atoms with Gasteiger partial charge < -0.3 is 16.3 Å². The molecule has 2 unspecified atom stereocenters. The summed E-state index contributed by atoms with van der Waals surface area (Å²) in [6.07, 6.45) is 7.48. The highest BCUT2D eigenvalue weighted by Crippen LogP contribution is 2.30. The number of rotatable bonds is 6. The molecule has 0 aromatic carbocycles. The zero-order valence-electron chi connectivity index (χ0n) is 10.3. The van der Waals surface area contributed by atoms with E-state index in [-0.39, 0.29) is 0 Å². The van der Waals surface area contributed by atoms with E-state index < -0.39 is 0 Å². The second kappa shape index (κ2) is 7.49. The molecule has 0 amide bonds. The van der Waals surface area contributed by atoms with Gasteiger partial charge in [-0.25, -0.2) is 0 Å². The Morgan fingerprint density at radius 1 is 1.44 bits per heavy atom. The predicted molar refractivity (Wildman–Crippen MR) is 66.6 cm³/mol. The van der Waals surface area contributed by atoms with Gasteiger partial charge >= 0.3 is 0 Å². The molecular weight excluding hydrogens is 202 g/mol. The fraction of sp³-hybridized carbons (Fsp3) is 0.917. The van der Waals surface area contributed by atoms with Crippen molar-refractivity contribution in [1.29, 1.82) is 0 Å². The summed E-state index contributed by atoms with van der Waals surface area (Å²) in [7, 11) is 0. The number of amidine groups is 1. The molecular formula is C12H25N3O. The van der Waals surface area contributed by atoms with Crippen LogP contribution in [0.25, 0.3) is 0 Å². The van der Waals surface area contributed by atoms with Crippen molar-refractivity contribution in [2.45, 2.75) is 45.4 Å². The van der Waals surface area contributed by atoms with Crippen LogP contribution in [0.15, 0.2) is 5.16 Å². The zero-order valence-corrected chi connectivity index (χ0v) is 10.3. The van der Waals surface area contributed by atoms with E-state index in [1.165, 1.54) is 32.1 Å². The fourth-order valence-electron chi connectivity index (χ4n) is 2.52. The van der Waals surface area contributed by atoms with E-state index in [2.05, 4.69) is 17.4 Å². The number of nitrogens with two attached hydrogens (primary N) is 1. The topological polar surface area (TPSA) is 70.6 Å². The summed E-state index contributed by atoms with van der Waals surface area (Å²) < 4.78 is 0. The van der Waals surface area contributed by atoms with Gasteiger partial charge in [-0.1, -0.05) is 31.3 Å². The summed E-state index contributed by atoms with van der Waals surface area (Å²) >= 11 is 0. The first-order valence-electron chi connectivity index (χ1n) is 6.39. The highest BCUT2D eigenvalue weighted by Gasteiger charge is 2.17. The van der Waals surface area contributed by atoms with Gasteiger partial charge in [-0.2, -0.15) is 0 Å². The van der Waals surface area contributed by atoms with Crippen LogP contribution in [0.5, 0.6) is 0 Å². The largest absolute Gasteiger partial charge is 0.409 e. The van der Waals surface area contributed by atoms with Gasteiger partial charge in [0.15, 0.2) is 0 Å². The van der Waals surface area contributed by atoms with Gasteiger partial charge in [0, 0.05) is 13.0 Å². The van der Waals surface area contributed by atoms with Crippen LogP contribution in [0.1, 0.15) is 45.4 Å². The Labute approximate surface area is 98.3 Å².